The van der Waals surface area contributed by atoms with Crippen LogP contribution in [0, 0.1) is 0 Å². The van der Waals surface area contributed by atoms with Gasteiger partial charge in [-0.05, 0) is 23.3 Å². The van der Waals surface area contributed by atoms with Crippen LogP contribution in [0.1, 0.15) is 17.0 Å². The molecule has 0 spiro atoms. The molecule has 4 nitrogen and oxygen atoms in total. The Morgan fingerprint density at radius 1 is 0.955 bits per heavy atom. The largest absolute Gasteiger partial charge is 0.336 e. The monoisotopic (exact) mass is 330 g/mol. The molecule has 0 aliphatic heterocycles. The van der Waals surface area contributed by atoms with E-state index >= 15 is 0 Å². The highest BCUT2D eigenvalue weighted by Gasteiger charge is 2.11. The van der Waals surface area contributed by atoms with Crippen molar-refractivity contribution in [1.29, 1.82) is 0 Å². The van der Waals surface area contributed by atoms with Gasteiger partial charge in [0.1, 0.15) is 0 Å². The summed E-state index contributed by atoms with van der Waals surface area (Å²) in [6.45, 7) is 0. The number of aromatic nitrogens is 3. The number of halogens is 1. The summed E-state index contributed by atoms with van der Waals surface area (Å²) in [5, 5.41) is 9.78. The van der Waals surface area contributed by atoms with Crippen LogP contribution in [0.25, 0.3) is 0 Å². The molecule has 0 saturated carbocycles. The second-order valence-electron chi connectivity index (χ2n) is 4.85. The number of hydrogen-bond acceptors (Lipinski definition) is 4. The fourth-order valence-electron chi connectivity index (χ4n) is 2.03. The number of benzene rings is 2. The minimum Gasteiger partial charge on any atom is -0.336 e. The highest BCUT2D eigenvalue weighted by atomic mass is 35.5. The first-order valence-corrected chi connectivity index (χ1v) is 8.19. The highest BCUT2D eigenvalue weighted by molar-refractivity contribution is 7.98. The Hall–Kier alpha value is -1.98. The molecule has 2 aromatic carbocycles. The molecule has 22 heavy (non-hydrogen) atoms. The third kappa shape index (κ3) is 3.61. The van der Waals surface area contributed by atoms with Crippen molar-refractivity contribution in [2.75, 3.05) is 5.84 Å². The quantitative estimate of drug-likeness (QED) is 0.574. The van der Waals surface area contributed by atoms with Crippen molar-refractivity contribution in [3.05, 3.63) is 76.6 Å². The van der Waals surface area contributed by atoms with Gasteiger partial charge >= 0.3 is 0 Å². The SMILES string of the molecule is Nn1c(Cc2ccc(Cl)cc2)nnc1SCc1ccccc1. The van der Waals surface area contributed by atoms with Crippen LogP contribution in [-0.2, 0) is 12.2 Å². The Kier molecular flexibility index (Phi) is 4.65. The molecule has 2 N–H and O–H groups in total. The van der Waals surface area contributed by atoms with Crippen molar-refractivity contribution >= 4 is 23.4 Å². The van der Waals surface area contributed by atoms with E-state index in [0.29, 0.717) is 11.6 Å². The van der Waals surface area contributed by atoms with Gasteiger partial charge in [-0.2, -0.15) is 0 Å². The maximum atomic E-state index is 6.09. The summed E-state index contributed by atoms with van der Waals surface area (Å²) < 4.78 is 1.56. The lowest BCUT2D eigenvalue weighted by Crippen LogP contribution is -2.14. The third-order valence-electron chi connectivity index (χ3n) is 3.22. The van der Waals surface area contributed by atoms with Gasteiger partial charge in [0.05, 0.1) is 0 Å². The number of nitrogen functional groups attached to an aromatic ring is 1. The van der Waals surface area contributed by atoms with Gasteiger partial charge in [0, 0.05) is 17.2 Å². The highest BCUT2D eigenvalue weighted by Crippen LogP contribution is 2.21. The zero-order valence-corrected chi connectivity index (χ0v) is 13.4. The fourth-order valence-corrected chi connectivity index (χ4v) is 2.99. The molecule has 0 saturated heterocycles. The van der Waals surface area contributed by atoms with Crippen LogP contribution in [-0.4, -0.2) is 14.9 Å². The Bertz CT molecular complexity index is 741. The summed E-state index contributed by atoms with van der Waals surface area (Å²) >= 11 is 7.47. The molecule has 112 valence electrons. The molecule has 1 aromatic heterocycles. The van der Waals surface area contributed by atoms with Crippen LogP contribution in [0.15, 0.2) is 59.8 Å². The normalized spacial score (nSPS) is 10.8. The van der Waals surface area contributed by atoms with Crippen LogP contribution >= 0.6 is 23.4 Å². The van der Waals surface area contributed by atoms with Crippen LogP contribution < -0.4 is 5.84 Å². The smallest absolute Gasteiger partial charge is 0.210 e. The zero-order chi connectivity index (χ0) is 15.4. The fraction of sp³-hybridized carbons (Fsp3) is 0.125. The van der Waals surface area contributed by atoms with E-state index in [1.54, 1.807) is 16.4 Å². The Labute approximate surface area is 138 Å². The topological polar surface area (TPSA) is 56.7 Å². The predicted molar refractivity (Wildman–Crippen MR) is 90.4 cm³/mol. The molecule has 0 radical (unpaired) electrons. The van der Waals surface area contributed by atoms with Crippen LogP contribution in [0.3, 0.4) is 0 Å². The van der Waals surface area contributed by atoms with Gasteiger partial charge in [-0.1, -0.05) is 65.8 Å². The predicted octanol–water partition coefficient (Wildman–Crippen LogP) is 3.53. The molecule has 0 bridgehead atoms. The standard InChI is InChI=1S/C16H15ClN4S/c17-14-8-6-12(7-9-14)10-15-19-20-16(21(15)18)22-11-13-4-2-1-3-5-13/h1-9H,10-11,18H2. The molecule has 0 aliphatic rings. The average molecular weight is 331 g/mol. The summed E-state index contributed by atoms with van der Waals surface area (Å²) in [6, 6.07) is 17.9. The molecular weight excluding hydrogens is 316 g/mol. The van der Waals surface area contributed by atoms with Gasteiger partial charge in [-0.15, -0.1) is 10.2 Å². The Morgan fingerprint density at radius 3 is 2.41 bits per heavy atom. The lowest BCUT2D eigenvalue weighted by molar-refractivity contribution is 0.805. The molecule has 0 fully saturated rings. The number of nitrogens with two attached hydrogens (primary N) is 1. The van der Waals surface area contributed by atoms with Gasteiger partial charge in [-0.3, -0.25) is 0 Å². The summed E-state index contributed by atoms with van der Waals surface area (Å²) in [5.74, 6) is 7.64. The van der Waals surface area contributed by atoms with Gasteiger partial charge in [0.15, 0.2) is 5.82 Å². The first kappa shape index (κ1) is 14.9. The molecule has 6 heteroatoms. The van der Waals surface area contributed by atoms with Crippen molar-refractivity contribution in [1.82, 2.24) is 14.9 Å². The van der Waals surface area contributed by atoms with Crippen molar-refractivity contribution in [3.8, 4) is 0 Å². The summed E-state index contributed by atoms with van der Waals surface area (Å²) in [4.78, 5) is 0. The maximum Gasteiger partial charge on any atom is 0.210 e. The molecule has 3 aromatic rings. The minimum atomic E-state index is 0.632. The Balaban J connectivity index is 1.68. The third-order valence-corrected chi connectivity index (χ3v) is 4.49. The number of rotatable bonds is 5. The Morgan fingerprint density at radius 2 is 1.68 bits per heavy atom. The van der Waals surface area contributed by atoms with Gasteiger partial charge in [0.2, 0.25) is 5.16 Å². The average Bonchev–Trinajstić information content (AvgIpc) is 2.89. The van der Waals surface area contributed by atoms with E-state index in [1.807, 2.05) is 42.5 Å². The first-order chi connectivity index (χ1) is 10.7. The molecule has 0 atom stereocenters. The van der Waals surface area contributed by atoms with E-state index in [0.717, 1.165) is 22.2 Å². The van der Waals surface area contributed by atoms with Crippen LogP contribution in [0.5, 0.6) is 0 Å². The maximum absolute atomic E-state index is 6.09. The van der Waals surface area contributed by atoms with Crippen LogP contribution in [0.4, 0.5) is 0 Å². The number of nitrogens with zero attached hydrogens (tertiary/aromatic N) is 3. The molecule has 0 unspecified atom stereocenters. The molecule has 3 rings (SSSR count). The van der Waals surface area contributed by atoms with E-state index < -0.39 is 0 Å². The van der Waals surface area contributed by atoms with Crippen molar-refractivity contribution in [2.24, 2.45) is 0 Å². The first-order valence-electron chi connectivity index (χ1n) is 6.83. The molecule has 1 heterocycles. The van der Waals surface area contributed by atoms with Crippen molar-refractivity contribution in [3.63, 3.8) is 0 Å². The molecular formula is C16H15ClN4S. The van der Waals surface area contributed by atoms with E-state index in [9.17, 15) is 0 Å². The van der Waals surface area contributed by atoms with Gasteiger partial charge in [0.25, 0.3) is 0 Å². The zero-order valence-electron chi connectivity index (χ0n) is 11.8. The number of hydrogen-bond donors (Lipinski definition) is 1. The lowest BCUT2D eigenvalue weighted by atomic mass is 10.1. The van der Waals surface area contributed by atoms with Crippen molar-refractivity contribution < 1.29 is 0 Å². The molecule has 0 amide bonds. The second kappa shape index (κ2) is 6.85. The van der Waals surface area contributed by atoms with E-state index in [-0.39, 0.29) is 0 Å². The van der Waals surface area contributed by atoms with E-state index in [2.05, 4.69) is 22.3 Å². The molecule has 0 aliphatic carbocycles. The van der Waals surface area contributed by atoms with Crippen molar-refractivity contribution in [2.45, 2.75) is 17.3 Å². The van der Waals surface area contributed by atoms with Gasteiger partial charge in [-0.25, -0.2) is 4.68 Å². The minimum absolute atomic E-state index is 0.632. The summed E-state index contributed by atoms with van der Waals surface area (Å²) in [6.07, 6.45) is 0.632. The lowest BCUT2D eigenvalue weighted by Gasteiger charge is -2.04. The second-order valence-corrected chi connectivity index (χ2v) is 6.23. The van der Waals surface area contributed by atoms with Gasteiger partial charge < -0.3 is 5.84 Å². The van der Waals surface area contributed by atoms with E-state index in [4.69, 9.17) is 17.4 Å². The number of thioether (sulfide) groups is 1. The summed E-state index contributed by atoms with van der Waals surface area (Å²) in [7, 11) is 0. The van der Waals surface area contributed by atoms with E-state index in [1.165, 1.54) is 5.56 Å². The summed E-state index contributed by atoms with van der Waals surface area (Å²) in [5.41, 5.74) is 2.33. The van der Waals surface area contributed by atoms with Crippen LogP contribution in [0.2, 0.25) is 5.02 Å².